The summed E-state index contributed by atoms with van der Waals surface area (Å²) in [4.78, 5) is 29.7. The van der Waals surface area contributed by atoms with Crippen molar-refractivity contribution in [2.75, 3.05) is 19.6 Å². The Labute approximate surface area is 205 Å². The summed E-state index contributed by atoms with van der Waals surface area (Å²) in [5, 5.41) is 9.94. The van der Waals surface area contributed by atoms with E-state index in [1.807, 2.05) is 91.0 Å². The molecular formula is C29H27N3O3. The van der Waals surface area contributed by atoms with Crippen molar-refractivity contribution in [1.29, 1.82) is 5.26 Å². The van der Waals surface area contributed by atoms with Gasteiger partial charge in [0.1, 0.15) is 18.3 Å². The SMILES string of the molecule is N#CC1(c2ccccc2)CCN(C(=O)CN2C(=O)C(Oc3ccccc3)C2c2ccccc2)CC1. The summed E-state index contributed by atoms with van der Waals surface area (Å²) in [5.74, 6) is 0.336. The van der Waals surface area contributed by atoms with Crippen LogP contribution in [0.2, 0.25) is 0 Å². The lowest BCUT2D eigenvalue weighted by Gasteiger charge is -2.47. The molecule has 176 valence electrons. The zero-order valence-corrected chi connectivity index (χ0v) is 19.4. The highest BCUT2D eigenvalue weighted by molar-refractivity contribution is 5.93. The van der Waals surface area contributed by atoms with Crippen LogP contribution in [0.1, 0.15) is 30.0 Å². The van der Waals surface area contributed by atoms with Crippen molar-refractivity contribution in [2.24, 2.45) is 0 Å². The number of ether oxygens (including phenoxy) is 1. The fourth-order valence-electron chi connectivity index (χ4n) is 5.06. The maximum Gasteiger partial charge on any atom is 0.267 e. The maximum atomic E-state index is 13.2. The Kier molecular flexibility index (Phi) is 6.24. The van der Waals surface area contributed by atoms with Crippen LogP contribution in [0, 0.1) is 11.3 Å². The van der Waals surface area contributed by atoms with Crippen molar-refractivity contribution < 1.29 is 14.3 Å². The van der Waals surface area contributed by atoms with Gasteiger partial charge >= 0.3 is 0 Å². The van der Waals surface area contributed by atoms with E-state index in [0.717, 1.165) is 11.1 Å². The number of nitrogens with zero attached hydrogens (tertiary/aromatic N) is 3. The molecule has 35 heavy (non-hydrogen) atoms. The number of amides is 2. The molecule has 2 aliphatic heterocycles. The third-order valence-electron chi connectivity index (χ3n) is 7.11. The molecule has 6 nitrogen and oxygen atoms in total. The predicted molar refractivity (Wildman–Crippen MR) is 131 cm³/mol. The van der Waals surface area contributed by atoms with Crippen molar-refractivity contribution in [3.8, 4) is 11.8 Å². The molecule has 0 spiro atoms. The summed E-state index contributed by atoms with van der Waals surface area (Å²) in [6.07, 6.45) is 0.489. The fourth-order valence-corrected chi connectivity index (χ4v) is 5.06. The lowest BCUT2D eigenvalue weighted by molar-refractivity contribution is -0.168. The zero-order valence-electron chi connectivity index (χ0n) is 19.4. The molecule has 0 aromatic heterocycles. The van der Waals surface area contributed by atoms with Crippen molar-refractivity contribution in [3.05, 3.63) is 102 Å². The lowest BCUT2D eigenvalue weighted by atomic mass is 9.74. The monoisotopic (exact) mass is 465 g/mol. The standard InChI is InChI=1S/C29H27N3O3/c30-21-29(23-12-6-2-7-13-23)16-18-31(19-17-29)25(33)20-32-26(22-10-4-1-5-11-22)27(28(32)34)35-24-14-8-3-9-15-24/h1-15,26-27H,16-20H2. The van der Waals surface area contributed by atoms with E-state index in [9.17, 15) is 14.9 Å². The molecule has 3 aromatic carbocycles. The Bertz CT molecular complexity index is 1220. The van der Waals surface area contributed by atoms with Crippen molar-refractivity contribution in [2.45, 2.75) is 30.4 Å². The van der Waals surface area contributed by atoms with E-state index in [1.165, 1.54) is 0 Å². The second-order valence-electron chi connectivity index (χ2n) is 9.11. The highest BCUT2D eigenvalue weighted by atomic mass is 16.5. The number of hydrogen-bond acceptors (Lipinski definition) is 4. The summed E-state index contributed by atoms with van der Waals surface area (Å²) in [6, 6.07) is 30.9. The molecule has 6 heteroatoms. The summed E-state index contributed by atoms with van der Waals surface area (Å²) >= 11 is 0. The minimum Gasteiger partial charge on any atom is -0.478 e. The van der Waals surface area contributed by atoms with E-state index in [2.05, 4.69) is 6.07 Å². The maximum absolute atomic E-state index is 13.2. The van der Waals surface area contributed by atoms with Gasteiger partial charge in [-0.15, -0.1) is 0 Å². The van der Waals surface area contributed by atoms with Gasteiger partial charge in [0.05, 0.1) is 11.5 Å². The lowest BCUT2D eigenvalue weighted by Crippen LogP contribution is -2.63. The van der Waals surface area contributed by atoms with Crippen LogP contribution in [0.15, 0.2) is 91.0 Å². The number of carbonyl (C=O) groups is 2. The molecule has 2 heterocycles. The van der Waals surface area contributed by atoms with Crippen LogP contribution in [-0.4, -0.2) is 47.4 Å². The number of rotatable bonds is 6. The van der Waals surface area contributed by atoms with Crippen LogP contribution in [-0.2, 0) is 15.0 Å². The molecule has 3 aromatic rings. The van der Waals surface area contributed by atoms with Gasteiger partial charge in [-0.25, -0.2) is 0 Å². The van der Waals surface area contributed by atoms with Gasteiger partial charge in [-0.2, -0.15) is 5.26 Å². The van der Waals surface area contributed by atoms with E-state index in [0.29, 0.717) is 31.7 Å². The van der Waals surface area contributed by atoms with Gasteiger partial charge in [-0.05, 0) is 36.1 Å². The number of carbonyl (C=O) groups excluding carboxylic acids is 2. The zero-order chi connectivity index (χ0) is 24.3. The van der Waals surface area contributed by atoms with Gasteiger partial charge in [0.25, 0.3) is 5.91 Å². The third-order valence-corrected chi connectivity index (χ3v) is 7.11. The number of benzene rings is 3. The smallest absolute Gasteiger partial charge is 0.267 e. The highest BCUT2D eigenvalue weighted by Crippen LogP contribution is 2.38. The van der Waals surface area contributed by atoms with Gasteiger partial charge in [-0.1, -0.05) is 78.9 Å². The van der Waals surface area contributed by atoms with Gasteiger partial charge in [-0.3, -0.25) is 9.59 Å². The summed E-state index contributed by atoms with van der Waals surface area (Å²) < 4.78 is 6.03. The van der Waals surface area contributed by atoms with E-state index in [-0.39, 0.29) is 24.4 Å². The molecule has 0 bridgehead atoms. The van der Waals surface area contributed by atoms with E-state index in [4.69, 9.17) is 4.74 Å². The fraction of sp³-hybridized carbons (Fsp3) is 0.276. The van der Waals surface area contributed by atoms with Crippen LogP contribution in [0.4, 0.5) is 0 Å². The average Bonchev–Trinajstić information content (AvgIpc) is 2.93. The Morgan fingerprint density at radius 2 is 1.49 bits per heavy atom. The normalized spacial score (nSPS) is 21.1. The van der Waals surface area contributed by atoms with Crippen LogP contribution < -0.4 is 4.74 Å². The van der Waals surface area contributed by atoms with Crippen molar-refractivity contribution in [3.63, 3.8) is 0 Å². The van der Waals surface area contributed by atoms with E-state index in [1.54, 1.807) is 9.80 Å². The number of piperidine rings is 1. The van der Waals surface area contributed by atoms with Gasteiger partial charge in [0.15, 0.2) is 0 Å². The summed E-state index contributed by atoms with van der Waals surface area (Å²) in [7, 11) is 0. The average molecular weight is 466 g/mol. The van der Waals surface area contributed by atoms with Gasteiger partial charge in [0, 0.05) is 13.1 Å². The van der Waals surface area contributed by atoms with Crippen LogP contribution in [0.25, 0.3) is 0 Å². The second-order valence-corrected chi connectivity index (χ2v) is 9.11. The Morgan fingerprint density at radius 3 is 2.09 bits per heavy atom. The Balaban J connectivity index is 1.28. The number of likely N-dealkylation sites (tertiary alicyclic amines) is 2. The molecule has 2 aliphatic rings. The molecule has 0 aliphatic carbocycles. The van der Waals surface area contributed by atoms with Crippen LogP contribution in [0.3, 0.4) is 0 Å². The molecule has 0 N–H and O–H groups in total. The van der Waals surface area contributed by atoms with Crippen molar-refractivity contribution in [1.82, 2.24) is 9.80 Å². The van der Waals surface area contributed by atoms with Crippen LogP contribution in [0.5, 0.6) is 5.75 Å². The number of hydrogen-bond donors (Lipinski definition) is 0. The van der Waals surface area contributed by atoms with Crippen molar-refractivity contribution >= 4 is 11.8 Å². The summed E-state index contributed by atoms with van der Waals surface area (Å²) in [5.41, 5.74) is 1.36. The Hall–Kier alpha value is -4.11. The summed E-state index contributed by atoms with van der Waals surface area (Å²) in [6.45, 7) is 0.977. The Morgan fingerprint density at radius 1 is 0.914 bits per heavy atom. The first-order chi connectivity index (χ1) is 17.1. The van der Waals surface area contributed by atoms with E-state index >= 15 is 0 Å². The molecule has 2 amide bonds. The minimum absolute atomic E-state index is 0.00205. The molecule has 2 fully saturated rings. The number of para-hydroxylation sites is 1. The molecule has 0 radical (unpaired) electrons. The molecule has 2 atom stereocenters. The molecule has 2 unspecified atom stereocenters. The number of nitriles is 1. The second kappa shape index (κ2) is 9.63. The largest absolute Gasteiger partial charge is 0.478 e. The number of β-lactam (4-membered cyclic amide) rings is 1. The first-order valence-corrected chi connectivity index (χ1v) is 11.9. The van der Waals surface area contributed by atoms with E-state index < -0.39 is 11.5 Å². The van der Waals surface area contributed by atoms with Crippen LogP contribution >= 0.6 is 0 Å². The molecule has 0 saturated carbocycles. The first-order valence-electron chi connectivity index (χ1n) is 11.9. The predicted octanol–water partition coefficient (Wildman–Crippen LogP) is 4.10. The van der Waals surface area contributed by atoms with Gasteiger partial charge < -0.3 is 14.5 Å². The molecule has 5 rings (SSSR count). The molecule has 2 saturated heterocycles. The van der Waals surface area contributed by atoms with Gasteiger partial charge in [0.2, 0.25) is 12.0 Å². The quantitative estimate of drug-likeness (QED) is 0.514. The molecular weight excluding hydrogens is 438 g/mol. The third kappa shape index (κ3) is 4.38. The topological polar surface area (TPSA) is 73.6 Å². The highest BCUT2D eigenvalue weighted by Gasteiger charge is 2.51. The minimum atomic E-state index is -0.668. The first kappa shape index (κ1) is 22.7.